The van der Waals surface area contributed by atoms with E-state index in [1.54, 1.807) is 126 Å². The monoisotopic (exact) mass is 1210 g/mol. The molecule has 5 saturated carbocycles. The first kappa shape index (κ1) is 50.0. The van der Waals surface area contributed by atoms with Gasteiger partial charge in [0.1, 0.15) is 0 Å². The van der Waals surface area contributed by atoms with E-state index in [1.165, 1.54) is 54.2 Å². The summed E-state index contributed by atoms with van der Waals surface area (Å²) >= 11 is 0. The average Bonchev–Trinajstić information content (AvgIpc) is 1.37. The van der Waals surface area contributed by atoms with Crippen LogP contribution in [0, 0.1) is 56.3 Å². The lowest BCUT2D eigenvalue weighted by Crippen LogP contribution is -2.43. The van der Waals surface area contributed by atoms with Gasteiger partial charge < -0.3 is 14.2 Å². The summed E-state index contributed by atoms with van der Waals surface area (Å²) in [6.07, 6.45) is 18.1. The molecule has 0 radical (unpaired) electrons. The van der Waals surface area contributed by atoms with Crippen molar-refractivity contribution < 1.29 is 28.6 Å². The van der Waals surface area contributed by atoms with E-state index in [9.17, 15) is 14.4 Å². The fourth-order valence-corrected chi connectivity index (χ4v) is 29.0. The van der Waals surface area contributed by atoms with Gasteiger partial charge in [0, 0.05) is 86.8 Å². The van der Waals surface area contributed by atoms with Crippen LogP contribution in [0.5, 0.6) is 0 Å². The Hall–Kier alpha value is -8.61. The summed E-state index contributed by atoms with van der Waals surface area (Å²) in [7, 11) is 4.70. The molecule has 6 heteroatoms. The van der Waals surface area contributed by atoms with Crippen molar-refractivity contribution in [1.82, 2.24) is 0 Å². The van der Waals surface area contributed by atoms with Crippen molar-refractivity contribution in [2.24, 2.45) is 45.8 Å². The Labute approximate surface area is 537 Å². The standard InChI is InChI=1S/C87H66O6/c1-91-57(88)19-10-28-81(51-25-22-41-13-4-7-16-44(41)32-51)79-55-37-47-31-48-35-54-36-49-39-84-76-62(49)77-73-69-67-65-61-50(38-56(63(65)71(69)76)80(84)82(84,29-11-20-58(89)92-2)52-26-23-42-14-5-8-17-45(42)33-52)40-83(79,81)75(61)70-64(55)66-60(47)74(48)87(78(73)72(66)68(67)70)85(86(54,77)87,30-12-21-59(90)93-3)53-27-24-43-15-6-9-18-46(43)34-53/h4-9,13-18,22-27,31-34,36-37,40,48,56,63,74,77-80H,10-12,19-21,28-30,35,38-39H2,1-3H3. The highest BCUT2D eigenvalue weighted by Crippen LogP contribution is 3.05. The second kappa shape index (κ2) is 15.1. The Morgan fingerprint density at radius 3 is 1.85 bits per heavy atom. The predicted molar refractivity (Wildman–Crippen MR) is 357 cm³/mol. The molecule has 93 heavy (non-hydrogen) atoms. The second-order valence-electron chi connectivity index (χ2n) is 32.0. The fraction of sp³-hybridized carbons (Fsp3) is 0.345. The quantitative estimate of drug-likeness (QED) is 0.0752. The zero-order chi connectivity index (χ0) is 60.9. The van der Waals surface area contributed by atoms with Crippen molar-refractivity contribution in [2.75, 3.05) is 21.3 Å². The third-order valence-electron chi connectivity index (χ3n) is 30.4. The van der Waals surface area contributed by atoms with E-state index in [0.717, 1.165) is 57.8 Å². The van der Waals surface area contributed by atoms with Gasteiger partial charge in [-0.1, -0.05) is 157 Å². The van der Waals surface area contributed by atoms with Crippen LogP contribution in [-0.4, -0.2) is 39.2 Å². The predicted octanol–water partition coefficient (Wildman–Crippen LogP) is 15.1. The maximum absolute atomic E-state index is 13.8. The highest BCUT2D eigenvalue weighted by molar-refractivity contribution is 6.10. The van der Waals surface area contributed by atoms with Crippen LogP contribution < -0.4 is 10.4 Å². The normalized spacial score (nSPS) is 36.4. The SMILES string of the molecule is COC(=O)CCCC1(c2ccc3ccccc3c2)C2C3CC4=CC56c7c4c4c8c9c7=c7c(cc%10c%11c7C=9C7C9=C8C(=C8C%12=C(C=C%13CC(C=%10)C%11C7%10C(CCCC(=O)OC)(c7ccc%11ccccc%11c7)C%13%10C%129)CC821)C43)C5C6(CCCC(=O)OC)c1ccc2ccccc2c1. The lowest BCUT2D eigenvalue weighted by atomic mass is 9.53. The number of rotatable bonds is 15. The molecule has 0 aromatic heterocycles. The Balaban J connectivity index is 0.850. The first-order valence-electron chi connectivity index (χ1n) is 35.2. The molecule has 4 spiro atoms. The van der Waals surface area contributed by atoms with Crippen molar-refractivity contribution in [3.8, 4) is 0 Å². The molecule has 0 aliphatic heterocycles. The number of hydrogen-bond acceptors (Lipinski definition) is 6. The smallest absolute Gasteiger partial charge is 0.305 e. The number of methoxy groups -OCH3 is 3. The first-order chi connectivity index (χ1) is 45.7. The molecule has 6 nitrogen and oxygen atoms in total. The lowest BCUT2D eigenvalue weighted by Gasteiger charge is -2.49. The number of benzene rings is 8. The van der Waals surface area contributed by atoms with Crippen LogP contribution in [0.3, 0.4) is 0 Å². The van der Waals surface area contributed by atoms with Crippen molar-refractivity contribution in [2.45, 2.75) is 116 Å². The van der Waals surface area contributed by atoms with Crippen LogP contribution in [0.4, 0.5) is 0 Å². The van der Waals surface area contributed by atoms with Gasteiger partial charge in [-0.2, -0.15) is 0 Å². The van der Waals surface area contributed by atoms with Crippen LogP contribution >= 0.6 is 0 Å². The number of carbonyl (C=O) groups is 3. The molecule has 8 aromatic rings. The van der Waals surface area contributed by atoms with Gasteiger partial charge in [0.15, 0.2) is 0 Å². The van der Waals surface area contributed by atoms with E-state index < -0.39 is 0 Å². The van der Waals surface area contributed by atoms with Crippen molar-refractivity contribution >= 4 is 73.0 Å². The van der Waals surface area contributed by atoms with Crippen LogP contribution in [0.15, 0.2) is 179 Å². The summed E-state index contributed by atoms with van der Waals surface area (Å²) in [4.78, 5) is 41.0. The Bertz CT molecular complexity index is 5730. The Morgan fingerprint density at radius 1 is 0.570 bits per heavy atom. The number of hydrogen-bond donors (Lipinski definition) is 0. The van der Waals surface area contributed by atoms with Gasteiger partial charge in [0.05, 0.1) is 21.3 Å². The summed E-state index contributed by atoms with van der Waals surface area (Å²) in [6.45, 7) is 0. The highest BCUT2D eigenvalue weighted by atomic mass is 16.5. The van der Waals surface area contributed by atoms with Crippen LogP contribution in [0.25, 0.3) is 55.1 Å². The zero-order valence-corrected chi connectivity index (χ0v) is 52.5. The maximum atomic E-state index is 13.8. The van der Waals surface area contributed by atoms with E-state index in [2.05, 4.69) is 152 Å². The number of esters is 3. The third kappa shape index (κ3) is 4.53. The summed E-state index contributed by atoms with van der Waals surface area (Å²) in [6, 6.07) is 52.6. The second-order valence-corrected chi connectivity index (χ2v) is 32.0. The van der Waals surface area contributed by atoms with Gasteiger partial charge in [0.2, 0.25) is 0 Å². The molecule has 0 amide bonds. The molecule has 450 valence electrons. The van der Waals surface area contributed by atoms with Crippen LogP contribution in [0.1, 0.15) is 150 Å². The number of ether oxygens (including phenoxy) is 3. The average molecular weight is 1210 g/mol. The molecule has 15 atom stereocenters. The van der Waals surface area contributed by atoms with Gasteiger partial charge in [-0.05, 0) is 229 Å². The summed E-state index contributed by atoms with van der Waals surface area (Å²) in [5, 5.41) is 14.0. The minimum atomic E-state index is -0.323. The van der Waals surface area contributed by atoms with Gasteiger partial charge in [-0.15, -0.1) is 0 Å². The maximum Gasteiger partial charge on any atom is 0.305 e. The van der Waals surface area contributed by atoms with E-state index in [0.29, 0.717) is 42.9 Å². The summed E-state index contributed by atoms with van der Waals surface area (Å²) in [5.41, 5.74) is 29.4. The first-order valence-corrected chi connectivity index (χ1v) is 35.2. The van der Waals surface area contributed by atoms with E-state index in [4.69, 9.17) is 14.2 Å². The number of carbonyl (C=O) groups excluding carboxylic acids is 3. The van der Waals surface area contributed by atoms with E-state index in [1.807, 2.05) is 0 Å². The van der Waals surface area contributed by atoms with Gasteiger partial charge in [0.25, 0.3) is 0 Å². The molecule has 0 saturated heterocycles. The van der Waals surface area contributed by atoms with Crippen molar-refractivity contribution in [3.05, 3.63) is 256 Å². The molecule has 0 bridgehead atoms. The van der Waals surface area contributed by atoms with Crippen molar-refractivity contribution in [3.63, 3.8) is 0 Å². The third-order valence-corrected chi connectivity index (χ3v) is 30.4. The van der Waals surface area contributed by atoms with E-state index >= 15 is 0 Å². The minimum absolute atomic E-state index is 0.111. The minimum Gasteiger partial charge on any atom is -0.469 e. The summed E-state index contributed by atoms with van der Waals surface area (Å²) < 4.78 is 16.6. The van der Waals surface area contributed by atoms with Gasteiger partial charge >= 0.3 is 17.9 Å². The number of allylic oxidation sites excluding steroid dienone is 10. The Morgan fingerprint density at radius 2 is 1.18 bits per heavy atom. The molecule has 0 N–H and O–H groups in total. The summed E-state index contributed by atoms with van der Waals surface area (Å²) in [5.74, 6) is 1.81. The topological polar surface area (TPSA) is 78.9 Å². The largest absolute Gasteiger partial charge is 0.469 e. The van der Waals surface area contributed by atoms with Crippen molar-refractivity contribution in [1.29, 1.82) is 0 Å². The zero-order valence-electron chi connectivity index (χ0n) is 52.5. The van der Waals surface area contributed by atoms with Crippen LogP contribution in [0.2, 0.25) is 0 Å². The molecule has 15 unspecified atom stereocenters. The molecule has 8 aromatic carbocycles. The van der Waals surface area contributed by atoms with Gasteiger partial charge in [-0.3, -0.25) is 14.4 Å². The lowest BCUT2D eigenvalue weighted by molar-refractivity contribution is -0.141. The molecule has 17 aliphatic carbocycles. The molecular formula is C87H66O6. The van der Waals surface area contributed by atoms with Crippen LogP contribution in [-0.2, 0) is 50.3 Å². The molecule has 5 fully saturated rings. The van der Waals surface area contributed by atoms with E-state index in [-0.39, 0.29) is 79.5 Å². The molecular weight excluding hydrogens is 1140 g/mol. The molecule has 17 aliphatic rings. The highest BCUT2D eigenvalue weighted by Gasteiger charge is 3.01. The Kier molecular flexibility index (Phi) is 8.13. The van der Waals surface area contributed by atoms with Gasteiger partial charge in [-0.25, -0.2) is 0 Å². The number of fused-ring (bicyclic) bond motifs is 5. The molecule has 0 heterocycles. The molecule has 25 rings (SSSR count). The fourth-order valence-electron chi connectivity index (χ4n) is 29.0.